The normalized spacial score (nSPS) is 10.2. The topological polar surface area (TPSA) is 102 Å². The molecule has 0 saturated heterocycles. The van der Waals surface area contributed by atoms with Gasteiger partial charge in [0.2, 0.25) is 11.8 Å². The Bertz CT molecular complexity index is 975. The van der Waals surface area contributed by atoms with Crippen molar-refractivity contribution in [2.45, 2.75) is 46.0 Å². The van der Waals surface area contributed by atoms with Crippen LogP contribution in [0.4, 0.5) is 11.4 Å². The summed E-state index contributed by atoms with van der Waals surface area (Å²) in [6.45, 7) is 5.57. The Hall–Kier alpha value is -3.66. The molecule has 168 valence electrons. The molecule has 0 spiro atoms. The molecule has 0 saturated carbocycles. The van der Waals surface area contributed by atoms with Crippen LogP contribution in [0.5, 0.6) is 0 Å². The first kappa shape index (κ1) is 24.6. The number of amides is 3. The first-order chi connectivity index (χ1) is 15.5. The third kappa shape index (κ3) is 7.88. The Kier molecular flexibility index (Phi) is 9.92. The van der Waals surface area contributed by atoms with E-state index < -0.39 is 0 Å². The first-order valence-corrected chi connectivity index (χ1v) is 11.0. The van der Waals surface area contributed by atoms with Gasteiger partial charge in [-0.1, -0.05) is 26.0 Å². The summed E-state index contributed by atoms with van der Waals surface area (Å²) < 4.78 is 0. The van der Waals surface area contributed by atoms with Gasteiger partial charge in [0.1, 0.15) is 0 Å². The molecule has 7 nitrogen and oxygen atoms in total. The number of nitrogens with one attached hydrogen (secondary N) is 2. The summed E-state index contributed by atoms with van der Waals surface area (Å²) in [5, 5.41) is 14.5. The van der Waals surface area contributed by atoms with Crippen LogP contribution < -0.4 is 10.6 Å². The van der Waals surface area contributed by atoms with Crippen molar-refractivity contribution in [1.29, 1.82) is 5.26 Å². The fraction of sp³-hybridized carbons (Fsp3) is 0.360. The van der Waals surface area contributed by atoms with Gasteiger partial charge >= 0.3 is 0 Å². The average molecular weight is 435 g/mol. The van der Waals surface area contributed by atoms with Gasteiger partial charge in [0.25, 0.3) is 5.91 Å². The van der Waals surface area contributed by atoms with Gasteiger partial charge in [-0.2, -0.15) is 5.26 Å². The van der Waals surface area contributed by atoms with Crippen LogP contribution in [0.25, 0.3) is 0 Å². The van der Waals surface area contributed by atoms with Gasteiger partial charge in [0.15, 0.2) is 0 Å². The van der Waals surface area contributed by atoms with Gasteiger partial charge in [-0.3, -0.25) is 14.4 Å². The van der Waals surface area contributed by atoms with E-state index in [0.29, 0.717) is 35.3 Å². The minimum absolute atomic E-state index is 0.0839. The maximum Gasteiger partial charge on any atom is 0.255 e. The summed E-state index contributed by atoms with van der Waals surface area (Å²) in [7, 11) is 0. The summed E-state index contributed by atoms with van der Waals surface area (Å²) >= 11 is 0. The average Bonchev–Trinajstić information content (AvgIpc) is 2.79. The summed E-state index contributed by atoms with van der Waals surface area (Å²) in [4.78, 5) is 39.0. The van der Waals surface area contributed by atoms with Crippen molar-refractivity contribution in [3.63, 3.8) is 0 Å². The van der Waals surface area contributed by atoms with E-state index >= 15 is 0 Å². The lowest BCUT2D eigenvalue weighted by atomic mass is 10.1. The second kappa shape index (κ2) is 12.9. The zero-order valence-electron chi connectivity index (χ0n) is 18.7. The Morgan fingerprint density at radius 1 is 0.906 bits per heavy atom. The van der Waals surface area contributed by atoms with Crippen molar-refractivity contribution in [2.75, 3.05) is 23.7 Å². The van der Waals surface area contributed by atoms with Gasteiger partial charge in [-0.05, 0) is 55.7 Å². The van der Waals surface area contributed by atoms with E-state index in [4.69, 9.17) is 5.26 Å². The quantitative estimate of drug-likeness (QED) is 0.541. The molecule has 2 rings (SSSR count). The minimum atomic E-state index is -0.339. The Balaban J connectivity index is 1.87. The number of nitrogens with zero attached hydrogens (tertiary/aromatic N) is 2. The highest BCUT2D eigenvalue weighted by atomic mass is 16.2. The predicted octanol–water partition coefficient (Wildman–Crippen LogP) is 4.57. The van der Waals surface area contributed by atoms with Crippen LogP contribution in [0.2, 0.25) is 0 Å². The van der Waals surface area contributed by atoms with Crippen LogP contribution in [0.1, 0.15) is 61.9 Å². The number of nitriles is 1. The maximum absolute atomic E-state index is 12.5. The maximum atomic E-state index is 12.5. The summed E-state index contributed by atoms with van der Waals surface area (Å²) in [5.41, 5.74) is 1.87. The third-order valence-electron chi connectivity index (χ3n) is 4.79. The monoisotopic (exact) mass is 434 g/mol. The van der Waals surface area contributed by atoms with Crippen LogP contribution in [-0.2, 0) is 9.59 Å². The van der Waals surface area contributed by atoms with Gasteiger partial charge < -0.3 is 15.5 Å². The molecule has 2 aromatic rings. The van der Waals surface area contributed by atoms with E-state index in [9.17, 15) is 14.4 Å². The number of hydrogen-bond donors (Lipinski definition) is 2. The molecule has 7 heteroatoms. The lowest BCUT2D eigenvalue weighted by Gasteiger charge is -2.21. The second-order valence-corrected chi connectivity index (χ2v) is 7.51. The van der Waals surface area contributed by atoms with E-state index in [2.05, 4.69) is 10.6 Å². The highest BCUT2D eigenvalue weighted by Gasteiger charge is 2.13. The zero-order valence-corrected chi connectivity index (χ0v) is 18.7. The summed E-state index contributed by atoms with van der Waals surface area (Å²) in [6, 6.07) is 15.3. The number of benzene rings is 2. The van der Waals surface area contributed by atoms with Crippen LogP contribution in [0, 0.1) is 11.3 Å². The number of carbonyl (C=O) groups is 3. The molecule has 0 aliphatic rings. The molecule has 0 aliphatic carbocycles. The van der Waals surface area contributed by atoms with E-state index in [1.165, 1.54) is 0 Å². The fourth-order valence-electron chi connectivity index (χ4n) is 3.29. The van der Waals surface area contributed by atoms with E-state index in [-0.39, 0.29) is 24.1 Å². The summed E-state index contributed by atoms with van der Waals surface area (Å²) in [5.74, 6) is -0.455. The molecular weight excluding hydrogens is 404 g/mol. The second-order valence-electron chi connectivity index (χ2n) is 7.51. The molecule has 0 unspecified atom stereocenters. The van der Waals surface area contributed by atoms with Crippen molar-refractivity contribution in [3.05, 3.63) is 59.7 Å². The smallest absolute Gasteiger partial charge is 0.255 e. The van der Waals surface area contributed by atoms with E-state index in [0.717, 1.165) is 25.9 Å². The molecule has 0 aliphatic heterocycles. The van der Waals surface area contributed by atoms with Crippen LogP contribution in [0.15, 0.2) is 48.5 Å². The van der Waals surface area contributed by atoms with Crippen molar-refractivity contribution < 1.29 is 14.4 Å². The Labute approximate surface area is 189 Å². The molecule has 2 N–H and O–H groups in total. The van der Waals surface area contributed by atoms with Gasteiger partial charge in [-0.25, -0.2) is 0 Å². The van der Waals surface area contributed by atoms with Crippen LogP contribution >= 0.6 is 0 Å². The minimum Gasteiger partial charge on any atom is -0.343 e. The predicted molar refractivity (Wildman–Crippen MR) is 125 cm³/mol. The molecule has 0 heterocycles. The SMILES string of the molecule is CCCN(CCC)C(=O)CCCC(=O)Nc1cccc(C(=O)Nc2cccc(C#N)c2)c1. The largest absolute Gasteiger partial charge is 0.343 e. The summed E-state index contributed by atoms with van der Waals surface area (Å²) in [6.07, 6.45) is 2.89. The molecule has 0 atom stereocenters. The lowest BCUT2D eigenvalue weighted by molar-refractivity contribution is -0.131. The molecular formula is C25H30N4O3. The number of rotatable bonds is 11. The van der Waals surface area contributed by atoms with Crippen molar-refractivity contribution in [1.82, 2.24) is 4.90 Å². The molecule has 3 amide bonds. The Morgan fingerprint density at radius 2 is 1.56 bits per heavy atom. The van der Waals surface area contributed by atoms with Crippen molar-refractivity contribution in [2.24, 2.45) is 0 Å². The molecule has 0 bridgehead atoms. The number of hydrogen-bond acceptors (Lipinski definition) is 4. The van der Waals surface area contributed by atoms with E-state index in [1.807, 2.05) is 24.8 Å². The van der Waals surface area contributed by atoms with Crippen molar-refractivity contribution in [3.8, 4) is 6.07 Å². The first-order valence-electron chi connectivity index (χ1n) is 11.0. The van der Waals surface area contributed by atoms with Gasteiger partial charge in [0, 0.05) is 42.9 Å². The molecule has 32 heavy (non-hydrogen) atoms. The fourth-order valence-corrected chi connectivity index (χ4v) is 3.29. The highest BCUT2D eigenvalue weighted by molar-refractivity contribution is 6.05. The van der Waals surface area contributed by atoms with Crippen molar-refractivity contribution >= 4 is 29.1 Å². The van der Waals surface area contributed by atoms with Crippen LogP contribution in [-0.4, -0.2) is 35.7 Å². The highest BCUT2D eigenvalue weighted by Crippen LogP contribution is 2.15. The number of anilines is 2. The molecule has 0 fully saturated rings. The number of carbonyl (C=O) groups excluding carboxylic acids is 3. The zero-order chi connectivity index (χ0) is 23.3. The lowest BCUT2D eigenvalue weighted by Crippen LogP contribution is -2.32. The van der Waals surface area contributed by atoms with Gasteiger partial charge in [-0.15, -0.1) is 0 Å². The molecule has 0 aromatic heterocycles. The van der Waals surface area contributed by atoms with E-state index in [1.54, 1.807) is 48.5 Å². The Morgan fingerprint density at radius 3 is 2.22 bits per heavy atom. The molecule has 0 radical (unpaired) electrons. The standard InChI is InChI=1S/C25H30N4O3/c1-3-14-29(15-4-2)24(31)13-7-12-23(30)27-22-11-6-9-20(17-22)25(32)28-21-10-5-8-19(16-21)18-26/h5-6,8-11,16-17H,3-4,7,12-15H2,1-2H3,(H,27,30)(H,28,32). The van der Waals surface area contributed by atoms with Crippen LogP contribution in [0.3, 0.4) is 0 Å². The molecule has 2 aromatic carbocycles. The van der Waals surface area contributed by atoms with Gasteiger partial charge in [0.05, 0.1) is 11.6 Å². The third-order valence-corrected chi connectivity index (χ3v) is 4.79.